The Balaban J connectivity index is 1.65. The number of aliphatic hydroxyl groups is 2. The van der Waals surface area contributed by atoms with Crippen LogP contribution in [0.2, 0.25) is 0 Å². The summed E-state index contributed by atoms with van der Waals surface area (Å²) in [6.07, 6.45) is 1.32. The van der Waals surface area contributed by atoms with E-state index in [9.17, 15) is 5.11 Å². The Labute approximate surface area is 143 Å². The summed E-state index contributed by atoms with van der Waals surface area (Å²) < 4.78 is 1.99. The van der Waals surface area contributed by atoms with Crippen molar-refractivity contribution in [3.63, 3.8) is 0 Å². The van der Waals surface area contributed by atoms with Crippen molar-refractivity contribution in [1.29, 1.82) is 0 Å². The maximum atomic E-state index is 9.77. The predicted molar refractivity (Wildman–Crippen MR) is 94.1 cm³/mol. The summed E-state index contributed by atoms with van der Waals surface area (Å²) in [6.45, 7) is 6.80. The Kier molecular flexibility index (Phi) is 5.33. The number of nitrogens with zero attached hydrogens (tertiary/aromatic N) is 3. The molecule has 5 heteroatoms. The van der Waals surface area contributed by atoms with E-state index in [0.29, 0.717) is 0 Å². The van der Waals surface area contributed by atoms with Crippen molar-refractivity contribution >= 4 is 0 Å². The molecule has 2 N–H and O–H groups in total. The molecule has 5 nitrogen and oxygen atoms in total. The number of rotatable bonds is 5. The molecular weight excluding hydrogens is 302 g/mol. The number of hydrogen-bond acceptors (Lipinski definition) is 4. The van der Waals surface area contributed by atoms with Crippen LogP contribution in [0.5, 0.6) is 0 Å². The molecule has 24 heavy (non-hydrogen) atoms. The van der Waals surface area contributed by atoms with Crippen LogP contribution in [0.4, 0.5) is 0 Å². The molecule has 2 heterocycles. The summed E-state index contributed by atoms with van der Waals surface area (Å²) in [5, 5.41) is 23.4. The minimum absolute atomic E-state index is 0.130. The lowest BCUT2D eigenvalue weighted by molar-refractivity contribution is 0.0172. The maximum Gasteiger partial charge on any atom is 0.0799 e. The topological polar surface area (TPSA) is 61.5 Å². The van der Waals surface area contributed by atoms with Crippen molar-refractivity contribution in [2.45, 2.75) is 39.3 Å². The normalized spacial score (nSPS) is 18.0. The lowest BCUT2D eigenvalue weighted by atomic mass is 9.91. The molecule has 3 rings (SSSR count). The van der Waals surface area contributed by atoms with E-state index in [1.54, 1.807) is 0 Å². The van der Waals surface area contributed by atoms with Crippen molar-refractivity contribution < 1.29 is 10.2 Å². The fourth-order valence-corrected chi connectivity index (χ4v) is 3.58. The van der Waals surface area contributed by atoms with Gasteiger partial charge in [0.05, 0.1) is 24.1 Å². The largest absolute Gasteiger partial charge is 0.394 e. The van der Waals surface area contributed by atoms with E-state index in [1.807, 2.05) is 11.6 Å². The van der Waals surface area contributed by atoms with Crippen LogP contribution in [0.15, 0.2) is 30.3 Å². The van der Waals surface area contributed by atoms with Gasteiger partial charge >= 0.3 is 0 Å². The molecular formula is C19H27N3O2. The monoisotopic (exact) mass is 329 g/mol. The van der Waals surface area contributed by atoms with Gasteiger partial charge in [-0.2, -0.15) is 5.10 Å². The highest BCUT2D eigenvalue weighted by Gasteiger charge is 2.24. The molecule has 0 bridgehead atoms. The predicted octanol–water partition coefficient (Wildman–Crippen LogP) is 2.05. The number of piperidine rings is 1. The average Bonchev–Trinajstić information content (AvgIpc) is 2.93. The second kappa shape index (κ2) is 7.47. The van der Waals surface area contributed by atoms with Gasteiger partial charge in [0.1, 0.15) is 0 Å². The second-order valence-corrected chi connectivity index (χ2v) is 6.87. The van der Waals surface area contributed by atoms with Gasteiger partial charge < -0.3 is 10.2 Å². The van der Waals surface area contributed by atoms with Gasteiger partial charge in [0.25, 0.3) is 0 Å². The molecule has 1 saturated heterocycles. The third-order valence-corrected chi connectivity index (χ3v) is 4.93. The zero-order valence-corrected chi connectivity index (χ0v) is 14.5. The van der Waals surface area contributed by atoms with E-state index in [2.05, 4.69) is 47.3 Å². The van der Waals surface area contributed by atoms with Gasteiger partial charge in [-0.05, 0) is 69.5 Å². The van der Waals surface area contributed by atoms with E-state index in [1.165, 1.54) is 5.56 Å². The molecule has 0 amide bonds. The Morgan fingerprint density at radius 1 is 1.21 bits per heavy atom. The van der Waals surface area contributed by atoms with Crippen LogP contribution >= 0.6 is 0 Å². The van der Waals surface area contributed by atoms with Crippen LogP contribution in [-0.4, -0.2) is 50.7 Å². The van der Waals surface area contributed by atoms with Crippen LogP contribution in [0, 0.1) is 19.8 Å². The molecule has 0 saturated carbocycles. The molecule has 0 radical (unpaired) electrons. The molecule has 130 valence electrons. The first kappa shape index (κ1) is 17.1. The molecule has 1 aromatic heterocycles. The van der Waals surface area contributed by atoms with Gasteiger partial charge in [-0.3, -0.25) is 4.90 Å². The molecule has 1 atom stereocenters. The lowest BCUT2D eigenvalue weighted by Crippen LogP contribution is -2.38. The smallest absolute Gasteiger partial charge is 0.0799 e. The quantitative estimate of drug-likeness (QED) is 0.881. The zero-order chi connectivity index (χ0) is 17.1. The van der Waals surface area contributed by atoms with Crippen molar-refractivity contribution in [3.05, 3.63) is 47.3 Å². The fourth-order valence-electron chi connectivity index (χ4n) is 3.58. The van der Waals surface area contributed by atoms with E-state index in [0.717, 1.165) is 49.6 Å². The fraction of sp³-hybridized carbons (Fsp3) is 0.526. The molecule has 1 unspecified atom stereocenters. The summed E-state index contributed by atoms with van der Waals surface area (Å²) in [4.78, 5) is 2.42. The Morgan fingerprint density at radius 3 is 2.58 bits per heavy atom. The van der Waals surface area contributed by atoms with Crippen molar-refractivity contribution in [2.75, 3.05) is 19.7 Å². The van der Waals surface area contributed by atoms with Crippen LogP contribution in [0.1, 0.15) is 29.8 Å². The van der Waals surface area contributed by atoms with E-state index < -0.39 is 6.10 Å². The van der Waals surface area contributed by atoms with Crippen LogP contribution < -0.4 is 0 Å². The number of benzene rings is 1. The first-order chi connectivity index (χ1) is 11.6. The second-order valence-electron chi connectivity index (χ2n) is 6.87. The average molecular weight is 329 g/mol. The Hall–Kier alpha value is -1.69. The van der Waals surface area contributed by atoms with Crippen molar-refractivity contribution in [1.82, 2.24) is 14.7 Å². The van der Waals surface area contributed by atoms with Crippen molar-refractivity contribution in [2.24, 2.45) is 5.92 Å². The lowest BCUT2D eigenvalue weighted by Gasteiger charge is -2.33. The summed E-state index contributed by atoms with van der Waals surface area (Å²) in [6, 6.07) is 10.6. The maximum absolute atomic E-state index is 9.77. The first-order valence-corrected chi connectivity index (χ1v) is 8.70. The molecule has 0 spiro atoms. The number of likely N-dealkylation sites (tertiary alicyclic amines) is 1. The number of aromatic nitrogens is 2. The van der Waals surface area contributed by atoms with Gasteiger partial charge in [0.2, 0.25) is 0 Å². The van der Waals surface area contributed by atoms with E-state index in [-0.39, 0.29) is 12.5 Å². The first-order valence-electron chi connectivity index (χ1n) is 8.70. The summed E-state index contributed by atoms with van der Waals surface area (Å²) in [5.41, 5.74) is 4.55. The van der Waals surface area contributed by atoms with Gasteiger partial charge in [0, 0.05) is 12.2 Å². The molecule has 0 aliphatic carbocycles. The summed E-state index contributed by atoms with van der Waals surface area (Å²) in [7, 11) is 0. The number of hydrogen-bond donors (Lipinski definition) is 2. The third-order valence-electron chi connectivity index (χ3n) is 4.93. The number of aryl methyl sites for hydroxylation is 2. The Bertz CT molecular complexity index is 675. The standard InChI is InChI=1S/C19H27N3O2/c1-14-10-15(2)22(20-14)18-5-3-4-16(11-18)12-21-8-6-17(7-9-21)19(24)13-23/h3-5,10-11,17,19,23-24H,6-9,12-13H2,1-2H3. The van der Waals surface area contributed by atoms with Crippen LogP contribution in [-0.2, 0) is 6.54 Å². The highest BCUT2D eigenvalue weighted by Crippen LogP contribution is 2.22. The highest BCUT2D eigenvalue weighted by atomic mass is 16.3. The van der Waals surface area contributed by atoms with Crippen molar-refractivity contribution in [3.8, 4) is 5.69 Å². The van der Waals surface area contributed by atoms with Gasteiger partial charge in [-0.1, -0.05) is 12.1 Å². The minimum atomic E-state index is -0.568. The molecule has 1 aromatic carbocycles. The van der Waals surface area contributed by atoms with E-state index >= 15 is 0 Å². The SMILES string of the molecule is Cc1cc(C)n(-c2cccc(CN3CCC(C(O)CO)CC3)c2)n1. The molecule has 1 aliphatic rings. The zero-order valence-electron chi connectivity index (χ0n) is 14.5. The molecule has 2 aromatic rings. The number of aliphatic hydroxyl groups excluding tert-OH is 2. The van der Waals surface area contributed by atoms with E-state index in [4.69, 9.17) is 5.11 Å². The third kappa shape index (κ3) is 3.86. The highest BCUT2D eigenvalue weighted by molar-refractivity contribution is 5.37. The van der Waals surface area contributed by atoms with Crippen LogP contribution in [0.3, 0.4) is 0 Å². The van der Waals surface area contributed by atoms with Crippen LogP contribution in [0.25, 0.3) is 5.69 Å². The molecule has 1 fully saturated rings. The van der Waals surface area contributed by atoms with Gasteiger partial charge in [0.15, 0.2) is 0 Å². The minimum Gasteiger partial charge on any atom is -0.394 e. The molecule has 1 aliphatic heterocycles. The summed E-state index contributed by atoms with van der Waals surface area (Å²) in [5.74, 6) is 0.229. The van der Waals surface area contributed by atoms with Gasteiger partial charge in [-0.25, -0.2) is 4.68 Å². The summed E-state index contributed by atoms with van der Waals surface area (Å²) >= 11 is 0. The van der Waals surface area contributed by atoms with Gasteiger partial charge in [-0.15, -0.1) is 0 Å². The Morgan fingerprint density at radius 2 is 1.96 bits per heavy atom.